The number of aliphatic hydroxyl groups is 1. The molecule has 1 aromatic carbocycles. The van der Waals surface area contributed by atoms with E-state index in [0.29, 0.717) is 25.3 Å². The zero-order valence-electron chi connectivity index (χ0n) is 12.6. The normalized spacial score (nSPS) is 16.8. The monoisotopic (exact) mass is 293 g/mol. The summed E-state index contributed by atoms with van der Waals surface area (Å²) in [7, 11) is 0. The van der Waals surface area contributed by atoms with E-state index in [1.165, 1.54) is 5.56 Å². The summed E-state index contributed by atoms with van der Waals surface area (Å²) in [5, 5.41) is 19.0. The van der Waals surface area contributed by atoms with E-state index in [0.717, 1.165) is 18.5 Å². The number of aromatic carboxylic acids is 1. The predicted octanol–water partition coefficient (Wildman–Crippen LogP) is 1.53. The van der Waals surface area contributed by atoms with Gasteiger partial charge in [0.15, 0.2) is 0 Å². The maximum atomic E-state index is 11.0. The van der Waals surface area contributed by atoms with Crippen LogP contribution in [0.4, 0.5) is 0 Å². The zero-order chi connectivity index (χ0) is 15.4. The fourth-order valence-electron chi connectivity index (χ4n) is 2.56. The fraction of sp³-hybridized carbons (Fsp3) is 0.562. The molecule has 0 amide bonds. The number of hydrogen-bond acceptors (Lipinski definition) is 4. The van der Waals surface area contributed by atoms with Gasteiger partial charge in [-0.3, -0.25) is 4.90 Å². The lowest BCUT2D eigenvalue weighted by atomic mass is 9.97. The minimum Gasteiger partial charge on any atom is -0.478 e. The molecule has 0 saturated heterocycles. The first-order valence-electron chi connectivity index (χ1n) is 7.33. The summed E-state index contributed by atoms with van der Waals surface area (Å²) in [5.74, 6) is -0.903. The van der Waals surface area contributed by atoms with Crippen LogP contribution in [0.15, 0.2) is 18.2 Å². The van der Waals surface area contributed by atoms with Crippen molar-refractivity contribution in [2.24, 2.45) is 0 Å². The molecule has 0 spiro atoms. The van der Waals surface area contributed by atoms with Crippen LogP contribution < -0.4 is 0 Å². The van der Waals surface area contributed by atoms with E-state index in [-0.39, 0.29) is 6.10 Å². The summed E-state index contributed by atoms with van der Waals surface area (Å²) in [6.45, 7) is 6.31. The number of benzene rings is 1. The van der Waals surface area contributed by atoms with Crippen molar-refractivity contribution in [3.8, 4) is 0 Å². The second-order valence-electron chi connectivity index (χ2n) is 5.81. The van der Waals surface area contributed by atoms with Gasteiger partial charge in [0, 0.05) is 19.6 Å². The number of carboxylic acid groups (broad SMARTS) is 1. The van der Waals surface area contributed by atoms with Gasteiger partial charge in [0.25, 0.3) is 0 Å². The average molecular weight is 293 g/mol. The van der Waals surface area contributed by atoms with Gasteiger partial charge < -0.3 is 14.9 Å². The highest BCUT2D eigenvalue weighted by atomic mass is 16.5. The Labute approximate surface area is 125 Å². The Balaban J connectivity index is 1.95. The lowest BCUT2D eigenvalue weighted by Crippen LogP contribution is -2.38. The highest BCUT2D eigenvalue weighted by Gasteiger charge is 2.20. The third kappa shape index (κ3) is 4.52. The molecule has 0 aliphatic carbocycles. The molecule has 5 nitrogen and oxygen atoms in total. The number of carbonyl (C=O) groups is 1. The van der Waals surface area contributed by atoms with Crippen LogP contribution >= 0.6 is 0 Å². The number of fused-ring (bicyclic) bond motifs is 1. The molecule has 21 heavy (non-hydrogen) atoms. The second kappa shape index (κ2) is 7.02. The van der Waals surface area contributed by atoms with Crippen molar-refractivity contribution >= 4 is 5.97 Å². The van der Waals surface area contributed by atoms with Gasteiger partial charge in [-0.2, -0.15) is 0 Å². The van der Waals surface area contributed by atoms with Gasteiger partial charge in [0.1, 0.15) is 0 Å². The standard InChI is InChI=1S/C16H23NO4/c1-11(2)21-10-15(18)9-17-6-5-12-3-4-13(16(19)20)7-14(12)8-17/h3-4,7,11,15,18H,5-6,8-10H2,1-2H3,(H,19,20). The molecule has 2 rings (SSSR count). The molecule has 1 unspecified atom stereocenters. The minimum absolute atomic E-state index is 0.111. The first kappa shape index (κ1) is 15.9. The van der Waals surface area contributed by atoms with E-state index < -0.39 is 12.1 Å². The number of aliphatic hydroxyl groups excluding tert-OH is 1. The number of ether oxygens (including phenoxy) is 1. The van der Waals surface area contributed by atoms with Crippen molar-refractivity contribution in [1.29, 1.82) is 0 Å². The van der Waals surface area contributed by atoms with E-state index >= 15 is 0 Å². The minimum atomic E-state index is -0.903. The Morgan fingerprint density at radius 1 is 1.38 bits per heavy atom. The molecule has 0 fully saturated rings. The van der Waals surface area contributed by atoms with Gasteiger partial charge in [-0.05, 0) is 43.5 Å². The van der Waals surface area contributed by atoms with Crippen LogP contribution in [0.1, 0.15) is 35.3 Å². The van der Waals surface area contributed by atoms with Crippen molar-refractivity contribution in [3.05, 3.63) is 34.9 Å². The van der Waals surface area contributed by atoms with Gasteiger partial charge in [0.2, 0.25) is 0 Å². The maximum absolute atomic E-state index is 11.0. The van der Waals surface area contributed by atoms with E-state index in [9.17, 15) is 9.90 Å². The van der Waals surface area contributed by atoms with E-state index in [1.54, 1.807) is 12.1 Å². The molecule has 5 heteroatoms. The Bertz CT molecular complexity index is 501. The lowest BCUT2D eigenvalue weighted by molar-refractivity contribution is -0.0101. The molecule has 116 valence electrons. The van der Waals surface area contributed by atoms with Crippen LogP contribution in [0.3, 0.4) is 0 Å². The summed E-state index contributed by atoms with van der Waals surface area (Å²) >= 11 is 0. The quantitative estimate of drug-likeness (QED) is 0.832. The van der Waals surface area contributed by atoms with Crippen LogP contribution in [0.25, 0.3) is 0 Å². The molecule has 0 aromatic heterocycles. The smallest absolute Gasteiger partial charge is 0.335 e. The topological polar surface area (TPSA) is 70.0 Å². The fourth-order valence-corrected chi connectivity index (χ4v) is 2.56. The van der Waals surface area contributed by atoms with Crippen LogP contribution in [0.2, 0.25) is 0 Å². The number of β-amino-alcohol motifs (C(OH)–C–C–N with tert-alkyl or cyclic N) is 1. The molecule has 2 N–H and O–H groups in total. The maximum Gasteiger partial charge on any atom is 0.335 e. The predicted molar refractivity (Wildman–Crippen MR) is 79.5 cm³/mol. The van der Waals surface area contributed by atoms with Crippen LogP contribution in [-0.2, 0) is 17.7 Å². The molecule has 1 aliphatic rings. The third-order valence-electron chi connectivity index (χ3n) is 3.64. The van der Waals surface area contributed by atoms with Crippen LogP contribution in [0, 0.1) is 0 Å². The molecular weight excluding hydrogens is 270 g/mol. The Hall–Kier alpha value is -1.43. The number of carboxylic acids is 1. The molecular formula is C16H23NO4. The van der Waals surface area contributed by atoms with Gasteiger partial charge in [-0.1, -0.05) is 6.07 Å². The zero-order valence-corrected chi connectivity index (χ0v) is 12.6. The summed E-state index contributed by atoms with van der Waals surface area (Å²) in [4.78, 5) is 13.2. The van der Waals surface area contributed by atoms with Gasteiger partial charge in [0.05, 0.1) is 24.4 Å². The van der Waals surface area contributed by atoms with E-state index in [2.05, 4.69) is 4.90 Å². The molecule has 1 atom stereocenters. The summed E-state index contributed by atoms with van der Waals surface area (Å²) < 4.78 is 5.41. The van der Waals surface area contributed by atoms with Gasteiger partial charge in [-0.15, -0.1) is 0 Å². The molecule has 1 heterocycles. The summed E-state index contributed by atoms with van der Waals surface area (Å²) in [6, 6.07) is 5.29. The Morgan fingerprint density at radius 3 is 2.81 bits per heavy atom. The van der Waals surface area contributed by atoms with Crippen LogP contribution in [0.5, 0.6) is 0 Å². The number of rotatable bonds is 6. The van der Waals surface area contributed by atoms with E-state index in [4.69, 9.17) is 9.84 Å². The van der Waals surface area contributed by atoms with E-state index in [1.807, 2.05) is 19.9 Å². The first-order valence-corrected chi connectivity index (χ1v) is 7.33. The molecule has 1 aromatic rings. The Kier molecular flexibility index (Phi) is 5.33. The lowest BCUT2D eigenvalue weighted by Gasteiger charge is -2.30. The summed E-state index contributed by atoms with van der Waals surface area (Å²) in [6.07, 6.45) is 0.476. The SMILES string of the molecule is CC(C)OCC(O)CN1CCc2ccc(C(=O)O)cc2C1. The highest BCUT2D eigenvalue weighted by molar-refractivity contribution is 5.87. The Morgan fingerprint density at radius 2 is 2.14 bits per heavy atom. The van der Waals surface area contributed by atoms with Crippen molar-refractivity contribution in [2.75, 3.05) is 19.7 Å². The molecule has 0 radical (unpaired) electrons. The summed E-state index contributed by atoms with van der Waals surface area (Å²) in [5.41, 5.74) is 2.56. The second-order valence-corrected chi connectivity index (χ2v) is 5.81. The van der Waals surface area contributed by atoms with Crippen molar-refractivity contribution in [1.82, 2.24) is 4.90 Å². The third-order valence-corrected chi connectivity index (χ3v) is 3.64. The number of hydrogen-bond donors (Lipinski definition) is 2. The van der Waals surface area contributed by atoms with Crippen molar-refractivity contribution in [2.45, 2.75) is 39.0 Å². The average Bonchev–Trinajstić information content (AvgIpc) is 2.44. The van der Waals surface area contributed by atoms with Gasteiger partial charge in [-0.25, -0.2) is 4.79 Å². The van der Waals surface area contributed by atoms with Gasteiger partial charge >= 0.3 is 5.97 Å². The molecule has 0 bridgehead atoms. The van der Waals surface area contributed by atoms with Crippen molar-refractivity contribution in [3.63, 3.8) is 0 Å². The molecule has 1 aliphatic heterocycles. The molecule has 0 saturated carbocycles. The van der Waals surface area contributed by atoms with Crippen LogP contribution in [-0.4, -0.2) is 53.0 Å². The van der Waals surface area contributed by atoms with Crippen molar-refractivity contribution < 1.29 is 19.7 Å². The number of nitrogens with zero attached hydrogens (tertiary/aromatic N) is 1. The first-order chi connectivity index (χ1) is 9.95. The highest BCUT2D eigenvalue weighted by Crippen LogP contribution is 2.20. The largest absolute Gasteiger partial charge is 0.478 e.